The van der Waals surface area contributed by atoms with Crippen molar-refractivity contribution in [3.63, 3.8) is 0 Å². The molecule has 11 heteroatoms. The number of amides is 4. The molecular formula is C31H28N4O6S. The van der Waals surface area contributed by atoms with E-state index in [1.54, 1.807) is 30.4 Å². The van der Waals surface area contributed by atoms with Crippen LogP contribution in [0.25, 0.3) is 10.9 Å². The number of para-hydroxylation sites is 2. The highest BCUT2D eigenvalue weighted by molar-refractivity contribution is 7.98. The second-order valence-corrected chi connectivity index (χ2v) is 11.1. The van der Waals surface area contributed by atoms with Gasteiger partial charge in [0.05, 0.1) is 18.4 Å². The van der Waals surface area contributed by atoms with Crippen molar-refractivity contribution >= 4 is 52.2 Å². The third-order valence-electron chi connectivity index (χ3n) is 7.81. The molecule has 214 valence electrons. The van der Waals surface area contributed by atoms with Gasteiger partial charge in [0.1, 0.15) is 23.9 Å². The molecule has 2 aliphatic heterocycles. The van der Waals surface area contributed by atoms with E-state index in [4.69, 9.17) is 4.74 Å². The van der Waals surface area contributed by atoms with Crippen LogP contribution in [0.5, 0.6) is 5.75 Å². The summed E-state index contributed by atoms with van der Waals surface area (Å²) in [6, 6.07) is 18.4. The number of nitrogens with one attached hydrogen (secondary N) is 2. The Kier molecular flexibility index (Phi) is 7.11. The van der Waals surface area contributed by atoms with E-state index in [9.17, 15) is 24.3 Å². The number of carbonyl (C=O) groups excluding carboxylic acids is 3. The maximum atomic E-state index is 14.3. The summed E-state index contributed by atoms with van der Waals surface area (Å²) >= 11 is 1.28. The van der Waals surface area contributed by atoms with Crippen LogP contribution in [0.3, 0.4) is 0 Å². The highest BCUT2D eigenvalue weighted by atomic mass is 32.2. The minimum Gasteiger partial charge on any atom is -0.497 e. The van der Waals surface area contributed by atoms with Gasteiger partial charge in [0.2, 0.25) is 0 Å². The Morgan fingerprint density at radius 2 is 1.79 bits per heavy atom. The van der Waals surface area contributed by atoms with Crippen LogP contribution in [-0.4, -0.2) is 70.0 Å². The molecule has 0 saturated carbocycles. The molecule has 3 N–H and O–H groups in total. The predicted molar refractivity (Wildman–Crippen MR) is 159 cm³/mol. The number of aromatic nitrogens is 1. The number of thioether (sulfide) groups is 1. The number of carboxylic acids is 1. The van der Waals surface area contributed by atoms with Gasteiger partial charge in [-0.05, 0) is 47.7 Å². The summed E-state index contributed by atoms with van der Waals surface area (Å²) < 4.78 is 5.34. The number of ether oxygens (including phenoxy) is 1. The van der Waals surface area contributed by atoms with E-state index >= 15 is 0 Å². The molecule has 4 aromatic rings. The zero-order chi connectivity index (χ0) is 29.5. The largest absolute Gasteiger partial charge is 0.497 e. The SMILES string of the molecule is COc1ccc(C2c3[nH]c4ccccc4c3CC3C(=O)N(c4ccccc4C(=O)NC(CSC)C(=O)O)C(=O)N32)cc1. The van der Waals surface area contributed by atoms with Crippen LogP contribution < -0.4 is 15.0 Å². The van der Waals surface area contributed by atoms with Gasteiger partial charge in [0, 0.05) is 28.8 Å². The van der Waals surface area contributed by atoms with Crippen LogP contribution >= 0.6 is 11.8 Å². The van der Waals surface area contributed by atoms with Crippen molar-refractivity contribution in [3.8, 4) is 5.75 Å². The molecule has 0 bridgehead atoms. The van der Waals surface area contributed by atoms with Gasteiger partial charge in [-0.3, -0.25) is 14.5 Å². The van der Waals surface area contributed by atoms with Crippen LogP contribution in [0.2, 0.25) is 0 Å². The van der Waals surface area contributed by atoms with Crippen molar-refractivity contribution in [2.75, 3.05) is 24.0 Å². The maximum absolute atomic E-state index is 14.3. The predicted octanol–water partition coefficient (Wildman–Crippen LogP) is 4.21. The molecule has 0 aliphatic carbocycles. The first-order valence-corrected chi connectivity index (χ1v) is 14.7. The van der Waals surface area contributed by atoms with Crippen LogP contribution in [0.15, 0.2) is 72.8 Å². The summed E-state index contributed by atoms with van der Waals surface area (Å²) in [6.45, 7) is 0. The highest BCUT2D eigenvalue weighted by Crippen LogP contribution is 2.45. The molecule has 3 aromatic carbocycles. The normalized spacial score (nSPS) is 18.5. The number of carboxylic acid groups (broad SMARTS) is 1. The summed E-state index contributed by atoms with van der Waals surface area (Å²) in [5.74, 6) is -1.48. The smallest absolute Gasteiger partial charge is 0.332 e. The van der Waals surface area contributed by atoms with Gasteiger partial charge in [-0.25, -0.2) is 14.5 Å². The van der Waals surface area contributed by atoms with Crippen LogP contribution in [-0.2, 0) is 16.0 Å². The van der Waals surface area contributed by atoms with Crippen LogP contribution in [0.4, 0.5) is 10.5 Å². The quantitative estimate of drug-likeness (QED) is 0.265. The number of H-pyrrole nitrogens is 1. The monoisotopic (exact) mass is 584 g/mol. The summed E-state index contributed by atoms with van der Waals surface area (Å²) in [5, 5.41) is 13.1. The van der Waals surface area contributed by atoms with E-state index < -0.39 is 41.9 Å². The number of benzene rings is 3. The average Bonchev–Trinajstić information content (AvgIpc) is 3.49. The van der Waals surface area contributed by atoms with Gasteiger partial charge >= 0.3 is 12.0 Å². The number of aromatic amines is 1. The zero-order valence-electron chi connectivity index (χ0n) is 22.9. The minimum atomic E-state index is -1.17. The summed E-state index contributed by atoms with van der Waals surface area (Å²) in [4.78, 5) is 59.5. The molecule has 0 spiro atoms. The lowest BCUT2D eigenvalue weighted by atomic mass is 9.89. The summed E-state index contributed by atoms with van der Waals surface area (Å²) in [5.41, 5.74) is 3.64. The van der Waals surface area contributed by atoms with Crippen LogP contribution in [0, 0.1) is 0 Å². The standard InChI is InChI=1S/C31H28N4O6S/c1-41-18-13-11-17(12-14-18)27-26-21(19-7-3-5-9-22(19)32-26)15-25-29(37)35(31(40)34(25)27)24-10-6-4-8-20(24)28(36)33-23(16-42-2)30(38)39/h3-14,23,25,27,32H,15-16H2,1-2H3,(H,33,36)(H,38,39). The molecule has 1 aromatic heterocycles. The second-order valence-electron chi connectivity index (χ2n) is 10.2. The molecule has 3 heterocycles. The first-order chi connectivity index (χ1) is 20.3. The van der Waals surface area contributed by atoms with E-state index in [0.29, 0.717) is 12.2 Å². The van der Waals surface area contributed by atoms with Crippen molar-refractivity contribution in [3.05, 3.63) is 95.2 Å². The first kappa shape index (κ1) is 27.4. The van der Waals surface area contributed by atoms with Gasteiger partial charge in [0.25, 0.3) is 11.8 Å². The number of rotatable bonds is 8. The molecule has 4 amide bonds. The number of hydrogen-bond donors (Lipinski definition) is 3. The van der Waals surface area contributed by atoms with Gasteiger partial charge in [-0.2, -0.15) is 11.8 Å². The summed E-state index contributed by atoms with van der Waals surface area (Å²) in [6.07, 6.45) is 2.04. The molecule has 3 unspecified atom stereocenters. The first-order valence-electron chi connectivity index (χ1n) is 13.3. The number of nitrogens with zero attached hydrogens (tertiary/aromatic N) is 2. The Bertz CT molecular complexity index is 1720. The number of carbonyl (C=O) groups is 4. The Balaban J connectivity index is 1.43. The third kappa shape index (κ3) is 4.46. The third-order valence-corrected chi connectivity index (χ3v) is 8.47. The Morgan fingerprint density at radius 1 is 1.07 bits per heavy atom. The molecule has 3 atom stereocenters. The van der Waals surface area contributed by atoms with E-state index in [-0.39, 0.29) is 17.0 Å². The van der Waals surface area contributed by atoms with E-state index in [1.807, 2.05) is 48.5 Å². The van der Waals surface area contributed by atoms with E-state index in [0.717, 1.165) is 32.6 Å². The summed E-state index contributed by atoms with van der Waals surface area (Å²) in [7, 11) is 1.58. The fourth-order valence-corrected chi connectivity index (χ4v) is 6.43. The number of aliphatic carboxylic acids is 1. The number of imide groups is 1. The lowest BCUT2D eigenvalue weighted by molar-refractivity contribution is -0.138. The number of methoxy groups -OCH3 is 1. The van der Waals surface area contributed by atoms with E-state index in [1.165, 1.54) is 23.9 Å². The average molecular weight is 585 g/mol. The molecular weight excluding hydrogens is 556 g/mol. The molecule has 2 aliphatic rings. The topological polar surface area (TPSA) is 132 Å². The molecule has 42 heavy (non-hydrogen) atoms. The van der Waals surface area contributed by atoms with Crippen molar-refractivity contribution in [1.82, 2.24) is 15.2 Å². The molecule has 1 saturated heterocycles. The van der Waals surface area contributed by atoms with Gasteiger partial charge in [-0.1, -0.05) is 42.5 Å². The molecule has 10 nitrogen and oxygen atoms in total. The molecule has 1 fully saturated rings. The fourth-order valence-electron chi connectivity index (χ4n) is 5.87. The Labute approximate surface area is 245 Å². The Hall–Kier alpha value is -4.77. The van der Waals surface area contributed by atoms with Crippen molar-refractivity contribution in [2.24, 2.45) is 0 Å². The zero-order valence-corrected chi connectivity index (χ0v) is 23.7. The van der Waals surface area contributed by atoms with Gasteiger partial charge in [0.15, 0.2) is 0 Å². The van der Waals surface area contributed by atoms with Crippen molar-refractivity contribution in [2.45, 2.75) is 24.5 Å². The molecule has 0 radical (unpaired) electrons. The highest BCUT2D eigenvalue weighted by Gasteiger charge is 2.53. The fraction of sp³-hybridized carbons (Fsp3) is 0.226. The minimum absolute atomic E-state index is 0.0383. The Morgan fingerprint density at radius 3 is 2.50 bits per heavy atom. The lowest BCUT2D eigenvalue weighted by Crippen LogP contribution is -2.44. The van der Waals surface area contributed by atoms with Gasteiger partial charge < -0.3 is 20.1 Å². The van der Waals surface area contributed by atoms with Crippen LogP contribution in [0.1, 0.15) is 33.2 Å². The number of hydrogen-bond acceptors (Lipinski definition) is 6. The van der Waals surface area contributed by atoms with Crippen molar-refractivity contribution < 1.29 is 29.0 Å². The number of fused-ring (bicyclic) bond motifs is 4. The van der Waals surface area contributed by atoms with Gasteiger partial charge in [-0.15, -0.1) is 0 Å². The van der Waals surface area contributed by atoms with E-state index in [2.05, 4.69) is 10.3 Å². The number of anilines is 1. The second kappa shape index (κ2) is 10.9. The lowest BCUT2D eigenvalue weighted by Gasteiger charge is -2.36. The maximum Gasteiger partial charge on any atom is 0.332 e. The number of urea groups is 1. The van der Waals surface area contributed by atoms with Crippen molar-refractivity contribution in [1.29, 1.82) is 0 Å². The molecule has 6 rings (SSSR count).